The summed E-state index contributed by atoms with van der Waals surface area (Å²) in [5.74, 6) is -2.11. The van der Waals surface area contributed by atoms with Gasteiger partial charge in [0.05, 0.1) is 18.0 Å². The maximum absolute atomic E-state index is 13.0. The lowest BCUT2D eigenvalue weighted by Gasteiger charge is -2.08. The van der Waals surface area contributed by atoms with E-state index in [1.807, 2.05) is 0 Å². The maximum atomic E-state index is 13.0. The van der Waals surface area contributed by atoms with Gasteiger partial charge in [0.2, 0.25) is 5.82 Å². The zero-order valence-electron chi connectivity index (χ0n) is 8.77. The van der Waals surface area contributed by atoms with Crippen LogP contribution in [0.2, 0.25) is 0 Å². The van der Waals surface area contributed by atoms with E-state index in [2.05, 4.69) is 4.74 Å². The Morgan fingerprint density at radius 2 is 2.19 bits per heavy atom. The number of nitro benzene ring substituents is 1. The molecule has 0 aliphatic rings. The van der Waals surface area contributed by atoms with Gasteiger partial charge < -0.3 is 4.74 Å². The largest absolute Gasteiger partial charge is 0.469 e. The molecular formula is C10H10FNO4. The molecule has 1 rings (SSSR count). The summed E-state index contributed by atoms with van der Waals surface area (Å²) in [6, 6.07) is 3.33. The number of carbonyl (C=O) groups excluding carboxylic acids is 1. The SMILES string of the molecule is COC(=O)C(C)c1ccc(F)c([N+](=O)[O-])c1. The van der Waals surface area contributed by atoms with Crippen LogP contribution in [-0.4, -0.2) is 18.0 Å². The Kier molecular flexibility index (Phi) is 3.55. The van der Waals surface area contributed by atoms with E-state index < -0.39 is 28.3 Å². The molecule has 0 amide bonds. The molecule has 16 heavy (non-hydrogen) atoms. The lowest BCUT2D eigenvalue weighted by molar-refractivity contribution is -0.387. The van der Waals surface area contributed by atoms with Crippen LogP contribution in [0, 0.1) is 15.9 Å². The molecule has 0 aromatic heterocycles. The first-order valence-electron chi connectivity index (χ1n) is 4.49. The lowest BCUT2D eigenvalue weighted by atomic mass is 10.0. The van der Waals surface area contributed by atoms with Gasteiger partial charge in [0.25, 0.3) is 0 Å². The Morgan fingerprint density at radius 3 is 2.69 bits per heavy atom. The number of hydrogen-bond donors (Lipinski definition) is 0. The first-order chi connectivity index (χ1) is 7.47. The highest BCUT2D eigenvalue weighted by Crippen LogP contribution is 2.24. The summed E-state index contributed by atoms with van der Waals surface area (Å²) in [5.41, 5.74) is -0.298. The normalized spacial score (nSPS) is 11.9. The summed E-state index contributed by atoms with van der Waals surface area (Å²) in [6.07, 6.45) is 0. The monoisotopic (exact) mass is 227 g/mol. The van der Waals surface area contributed by atoms with Gasteiger partial charge in [0.1, 0.15) is 0 Å². The van der Waals surface area contributed by atoms with E-state index in [9.17, 15) is 19.3 Å². The number of carbonyl (C=O) groups is 1. The molecule has 0 N–H and O–H groups in total. The molecule has 6 heteroatoms. The fourth-order valence-electron chi connectivity index (χ4n) is 1.25. The minimum atomic E-state index is -0.925. The van der Waals surface area contributed by atoms with E-state index in [4.69, 9.17) is 0 Å². The van der Waals surface area contributed by atoms with Crippen LogP contribution in [-0.2, 0) is 9.53 Å². The van der Waals surface area contributed by atoms with Crippen molar-refractivity contribution in [3.63, 3.8) is 0 Å². The summed E-state index contributed by atoms with van der Waals surface area (Å²) < 4.78 is 17.5. The van der Waals surface area contributed by atoms with Crippen LogP contribution in [0.3, 0.4) is 0 Å². The molecular weight excluding hydrogens is 217 g/mol. The van der Waals surface area contributed by atoms with Crippen molar-refractivity contribution in [2.45, 2.75) is 12.8 Å². The second-order valence-electron chi connectivity index (χ2n) is 3.21. The minimum Gasteiger partial charge on any atom is -0.469 e. The van der Waals surface area contributed by atoms with Crippen LogP contribution >= 0.6 is 0 Å². The fraction of sp³-hybridized carbons (Fsp3) is 0.300. The molecule has 0 aliphatic carbocycles. The Balaban J connectivity index is 3.12. The van der Waals surface area contributed by atoms with Crippen molar-refractivity contribution in [1.29, 1.82) is 0 Å². The third-order valence-electron chi connectivity index (χ3n) is 2.22. The third kappa shape index (κ3) is 2.33. The Labute approximate surface area is 91.0 Å². The van der Waals surface area contributed by atoms with Gasteiger partial charge in [-0.15, -0.1) is 0 Å². The topological polar surface area (TPSA) is 69.4 Å². The minimum absolute atomic E-state index is 0.347. The number of nitrogens with zero attached hydrogens (tertiary/aromatic N) is 1. The molecule has 1 atom stereocenters. The molecule has 86 valence electrons. The van der Waals surface area contributed by atoms with Crippen LogP contribution in [0.15, 0.2) is 18.2 Å². The third-order valence-corrected chi connectivity index (χ3v) is 2.22. The maximum Gasteiger partial charge on any atom is 0.312 e. The summed E-state index contributed by atoms with van der Waals surface area (Å²) in [6.45, 7) is 1.53. The van der Waals surface area contributed by atoms with Gasteiger partial charge in [-0.3, -0.25) is 14.9 Å². The molecule has 0 aliphatic heterocycles. The van der Waals surface area contributed by atoms with E-state index in [-0.39, 0.29) is 0 Å². The van der Waals surface area contributed by atoms with Crippen molar-refractivity contribution in [3.05, 3.63) is 39.7 Å². The number of nitro groups is 1. The first kappa shape index (κ1) is 12.1. The van der Waals surface area contributed by atoms with Gasteiger partial charge >= 0.3 is 11.7 Å². The van der Waals surface area contributed by atoms with Gasteiger partial charge in [-0.1, -0.05) is 6.07 Å². The summed E-state index contributed by atoms with van der Waals surface area (Å²) >= 11 is 0. The van der Waals surface area contributed by atoms with Crippen molar-refractivity contribution in [2.75, 3.05) is 7.11 Å². The second-order valence-corrected chi connectivity index (χ2v) is 3.21. The van der Waals surface area contributed by atoms with Crippen molar-refractivity contribution in [3.8, 4) is 0 Å². The molecule has 5 nitrogen and oxygen atoms in total. The average Bonchev–Trinajstić information content (AvgIpc) is 2.27. The zero-order valence-corrected chi connectivity index (χ0v) is 8.77. The molecule has 0 spiro atoms. The van der Waals surface area contributed by atoms with E-state index in [0.717, 1.165) is 12.1 Å². The quantitative estimate of drug-likeness (QED) is 0.450. The number of methoxy groups -OCH3 is 1. The van der Waals surface area contributed by atoms with Crippen molar-refractivity contribution in [1.82, 2.24) is 0 Å². The van der Waals surface area contributed by atoms with Crippen LogP contribution < -0.4 is 0 Å². The molecule has 0 saturated heterocycles. The van der Waals surface area contributed by atoms with Crippen LogP contribution in [0.25, 0.3) is 0 Å². The lowest BCUT2D eigenvalue weighted by Crippen LogP contribution is -2.11. The van der Waals surface area contributed by atoms with E-state index in [0.29, 0.717) is 5.56 Å². The zero-order chi connectivity index (χ0) is 12.3. The molecule has 0 heterocycles. The van der Waals surface area contributed by atoms with E-state index >= 15 is 0 Å². The number of benzene rings is 1. The van der Waals surface area contributed by atoms with Crippen molar-refractivity contribution >= 4 is 11.7 Å². The molecule has 1 aromatic carbocycles. The fourth-order valence-corrected chi connectivity index (χ4v) is 1.25. The van der Waals surface area contributed by atoms with Gasteiger partial charge in [0.15, 0.2) is 0 Å². The van der Waals surface area contributed by atoms with Crippen LogP contribution in [0.5, 0.6) is 0 Å². The Morgan fingerprint density at radius 1 is 1.56 bits per heavy atom. The number of hydrogen-bond acceptors (Lipinski definition) is 4. The second kappa shape index (κ2) is 4.69. The Hall–Kier alpha value is -1.98. The molecule has 0 bridgehead atoms. The highest BCUT2D eigenvalue weighted by molar-refractivity contribution is 5.77. The van der Waals surface area contributed by atoms with Crippen molar-refractivity contribution < 1.29 is 18.8 Å². The summed E-state index contributed by atoms with van der Waals surface area (Å²) in [4.78, 5) is 20.8. The molecule has 0 radical (unpaired) electrons. The van der Waals surface area contributed by atoms with Crippen LogP contribution in [0.4, 0.5) is 10.1 Å². The summed E-state index contributed by atoms with van der Waals surface area (Å²) in [7, 11) is 1.22. The van der Waals surface area contributed by atoms with E-state index in [1.165, 1.54) is 20.1 Å². The van der Waals surface area contributed by atoms with E-state index in [1.54, 1.807) is 0 Å². The molecule has 1 aromatic rings. The van der Waals surface area contributed by atoms with Gasteiger partial charge in [-0.05, 0) is 18.6 Å². The number of esters is 1. The Bertz CT molecular complexity index is 433. The predicted octanol–water partition coefficient (Wildman–Crippen LogP) is 2.01. The number of ether oxygens (including phenoxy) is 1. The highest BCUT2D eigenvalue weighted by atomic mass is 19.1. The van der Waals surface area contributed by atoms with Crippen molar-refractivity contribution in [2.24, 2.45) is 0 Å². The summed E-state index contributed by atoms with van der Waals surface area (Å²) in [5, 5.41) is 10.5. The van der Waals surface area contributed by atoms with Gasteiger partial charge in [0, 0.05) is 6.07 Å². The highest BCUT2D eigenvalue weighted by Gasteiger charge is 2.21. The predicted molar refractivity (Wildman–Crippen MR) is 53.5 cm³/mol. The number of halogens is 1. The molecule has 0 saturated carbocycles. The smallest absolute Gasteiger partial charge is 0.312 e. The van der Waals surface area contributed by atoms with Crippen LogP contribution in [0.1, 0.15) is 18.4 Å². The van der Waals surface area contributed by atoms with Gasteiger partial charge in [-0.2, -0.15) is 4.39 Å². The average molecular weight is 227 g/mol. The molecule has 0 fully saturated rings. The first-order valence-corrected chi connectivity index (χ1v) is 4.49. The standard InChI is InChI=1S/C10H10FNO4/c1-6(10(13)16-2)7-3-4-8(11)9(5-7)12(14)15/h3-6H,1-2H3. The molecule has 1 unspecified atom stereocenters. The van der Waals surface area contributed by atoms with Gasteiger partial charge in [-0.25, -0.2) is 0 Å². The number of rotatable bonds is 3.